The molecule has 0 aromatic heterocycles. The molecule has 2 fully saturated rings. The summed E-state index contributed by atoms with van der Waals surface area (Å²) in [6, 6.07) is 52.7. The number of benzene rings is 6. The van der Waals surface area contributed by atoms with E-state index in [0.717, 1.165) is 98.3 Å². The van der Waals surface area contributed by atoms with Gasteiger partial charge in [-0.25, -0.2) is 4.79 Å². The number of carbonyl (C=O) groups excluding carboxylic acids is 3. The summed E-state index contributed by atoms with van der Waals surface area (Å²) in [6.45, 7) is 9.79. The summed E-state index contributed by atoms with van der Waals surface area (Å²) in [5.41, 5.74) is 7.62. The number of likely N-dealkylation sites (tertiary alicyclic amines) is 2. The minimum atomic E-state index is -0.847. The maximum Gasteiger partial charge on any atom is 0.509 e. The van der Waals surface area contributed by atoms with Crippen LogP contribution < -0.4 is 20.1 Å². The molecule has 2 saturated heterocycles. The maximum atomic E-state index is 13.1. The third-order valence-corrected chi connectivity index (χ3v) is 14.8. The third kappa shape index (κ3) is 18.5. The van der Waals surface area contributed by atoms with Gasteiger partial charge in [-0.05, 0) is 85.0 Å². The molecule has 82 heavy (non-hydrogen) atoms. The van der Waals surface area contributed by atoms with Gasteiger partial charge in [0, 0.05) is 75.6 Å². The Hall–Kier alpha value is -8.07. The van der Waals surface area contributed by atoms with E-state index >= 15 is 0 Å². The van der Waals surface area contributed by atoms with Crippen LogP contribution in [0.5, 0.6) is 11.5 Å². The van der Waals surface area contributed by atoms with Gasteiger partial charge in [0.2, 0.25) is 11.8 Å². The van der Waals surface area contributed by atoms with Gasteiger partial charge in [-0.15, -0.1) is 0 Å². The molecule has 6 aromatic rings. The number of piperidine rings is 2. The molecule has 0 bridgehead atoms. The zero-order valence-electron chi connectivity index (χ0n) is 47.6. The molecule has 2 N–H and O–H groups in total. The molecule has 8 rings (SSSR count). The standard InChI is InChI=1S/C69H78N4O9/c1-51(61-35-33-53(49-63(61)77-3)21-17-19-31-65(74)70-41-47-72-43-37-59(38-44-72)81-67(55-23-9-5-10-24-55)56-25-11-6-12-26-56)79-69(76)80-52(2)62-36-34-54(50-64(62)78-4)22-18-20-32-66(75)71-42-48-73-45-39-60(40-46-73)82-68(57-27-13-7-14-28-57)58-29-15-8-16-30-58/h5-36,49-52,59-60,67-68H,37-48H2,1-4H3,(H,70,74)(H,71,75)/b21-17+,22-18+,31-19+,32-20+. The van der Waals surface area contributed by atoms with Gasteiger partial charge in [0.25, 0.3) is 0 Å². The molecule has 0 spiro atoms. The summed E-state index contributed by atoms with van der Waals surface area (Å²) >= 11 is 0. The van der Waals surface area contributed by atoms with Gasteiger partial charge in [0.15, 0.2) is 0 Å². The Kier molecular flexibility index (Phi) is 23.3. The summed E-state index contributed by atoms with van der Waals surface area (Å²) in [5, 5.41) is 6.00. The average molecular weight is 1110 g/mol. The van der Waals surface area contributed by atoms with Crippen LogP contribution >= 0.6 is 0 Å². The van der Waals surface area contributed by atoms with Crippen molar-refractivity contribution < 1.29 is 42.8 Å². The predicted molar refractivity (Wildman–Crippen MR) is 323 cm³/mol. The van der Waals surface area contributed by atoms with Crippen molar-refractivity contribution in [2.24, 2.45) is 0 Å². The van der Waals surface area contributed by atoms with E-state index < -0.39 is 18.4 Å². The van der Waals surface area contributed by atoms with Gasteiger partial charge >= 0.3 is 6.16 Å². The Morgan fingerprint density at radius 3 is 1.16 bits per heavy atom. The van der Waals surface area contributed by atoms with Crippen LogP contribution in [-0.4, -0.2) is 107 Å². The van der Waals surface area contributed by atoms with Crippen LogP contribution in [0.2, 0.25) is 0 Å². The Labute approximate surface area is 484 Å². The van der Waals surface area contributed by atoms with Crippen molar-refractivity contribution >= 4 is 30.1 Å². The van der Waals surface area contributed by atoms with Gasteiger partial charge in [0.05, 0.1) is 26.4 Å². The highest BCUT2D eigenvalue weighted by Gasteiger charge is 2.27. The van der Waals surface area contributed by atoms with E-state index in [1.54, 1.807) is 52.4 Å². The number of methoxy groups -OCH3 is 2. The molecule has 2 unspecified atom stereocenters. The van der Waals surface area contributed by atoms with Gasteiger partial charge in [-0.3, -0.25) is 9.59 Å². The largest absolute Gasteiger partial charge is 0.509 e. The zero-order valence-corrected chi connectivity index (χ0v) is 47.6. The fraction of sp³-hybridized carbons (Fsp3) is 0.319. The summed E-state index contributed by atoms with van der Waals surface area (Å²) in [4.78, 5) is 43.1. The van der Waals surface area contributed by atoms with Crippen LogP contribution in [0.25, 0.3) is 12.2 Å². The number of rotatable bonds is 26. The monoisotopic (exact) mass is 1110 g/mol. The molecular weight excluding hydrogens is 1030 g/mol. The van der Waals surface area contributed by atoms with Crippen LogP contribution in [0, 0.1) is 0 Å². The molecular formula is C69H78N4O9. The summed E-state index contributed by atoms with van der Waals surface area (Å²) in [6.07, 6.45) is 15.4. The fourth-order valence-corrected chi connectivity index (χ4v) is 10.3. The third-order valence-electron chi connectivity index (χ3n) is 14.8. The lowest BCUT2D eigenvalue weighted by molar-refractivity contribution is -0.117. The van der Waals surface area contributed by atoms with Crippen molar-refractivity contribution in [3.05, 3.63) is 239 Å². The van der Waals surface area contributed by atoms with Crippen molar-refractivity contribution in [2.45, 2.75) is 76.2 Å². The van der Waals surface area contributed by atoms with Crippen LogP contribution in [0.15, 0.2) is 194 Å². The second kappa shape index (κ2) is 31.8. The minimum Gasteiger partial charge on any atom is -0.496 e. The first kappa shape index (κ1) is 60.0. The number of nitrogens with one attached hydrogen (secondary N) is 2. The van der Waals surface area contributed by atoms with E-state index in [1.165, 1.54) is 12.2 Å². The van der Waals surface area contributed by atoms with Crippen molar-refractivity contribution in [1.29, 1.82) is 0 Å². The number of allylic oxidation sites excluding steroid dienone is 4. The van der Waals surface area contributed by atoms with E-state index in [-0.39, 0.29) is 36.2 Å². The summed E-state index contributed by atoms with van der Waals surface area (Å²) in [7, 11) is 3.12. The Bertz CT molecular complexity index is 2760. The highest BCUT2D eigenvalue weighted by Crippen LogP contribution is 2.34. The molecule has 2 aliphatic heterocycles. The Morgan fingerprint density at radius 1 is 0.488 bits per heavy atom. The maximum absolute atomic E-state index is 13.1. The molecule has 2 heterocycles. The molecule has 2 amide bonds. The van der Waals surface area contributed by atoms with Crippen molar-refractivity contribution in [3.8, 4) is 11.5 Å². The van der Waals surface area contributed by atoms with E-state index in [9.17, 15) is 14.4 Å². The van der Waals surface area contributed by atoms with Crippen molar-refractivity contribution in [2.75, 3.05) is 66.6 Å². The van der Waals surface area contributed by atoms with Crippen LogP contribution in [0.4, 0.5) is 4.79 Å². The molecule has 428 valence electrons. The number of hydrogen-bond donors (Lipinski definition) is 2. The predicted octanol–water partition coefficient (Wildman–Crippen LogP) is 12.6. The lowest BCUT2D eigenvalue weighted by atomic mass is 10.00. The van der Waals surface area contributed by atoms with Crippen LogP contribution in [-0.2, 0) is 28.5 Å². The van der Waals surface area contributed by atoms with Gasteiger partial charge in [-0.2, -0.15) is 0 Å². The first-order chi connectivity index (χ1) is 40.1. The molecule has 13 heteroatoms. The molecule has 6 aromatic carbocycles. The molecule has 2 aliphatic rings. The number of ether oxygens (including phenoxy) is 6. The topological polar surface area (TPSA) is 137 Å². The second-order valence-electron chi connectivity index (χ2n) is 20.5. The zero-order chi connectivity index (χ0) is 57.3. The van der Waals surface area contributed by atoms with Crippen LogP contribution in [0.3, 0.4) is 0 Å². The molecule has 2 atom stereocenters. The van der Waals surface area contributed by atoms with Gasteiger partial charge in [0.1, 0.15) is 35.9 Å². The van der Waals surface area contributed by atoms with Crippen LogP contribution in [0.1, 0.15) is 108 Å². The first-order valence-corrected chi connectivity index (χ1v) is 28.6. The number of nitrogens with zero attached hydrogens (tertiary/aromatic N) is 2. The van der Waals surface area contributed by atoms with E-state index in [1.807, 2.05) is 72.8 Å². The van der Waals surface area contributed by atoms with E-state index in [4.69, 9.17) is 28.4 Å². The number of carbonyl (C=O) groups is 3. The summed E-state index contributed by atoms with van der Waals surface area (Å²) < 4.78 is 36.2. The molecule has 0 aliphatic carbocycles. The highest BCUT2D eigenvalue weighted by molar-refractivity contribution is 5.88. The Morgan fingerprint density at radius 2 is 0.829 bits per heavy atom. The van der Waals surface area contributed by atoms with Crippen molar-refractivity contribution in [1.82, 2.24) is 20.4 Å². The molecule has 0 radical (unpaired) electrons. The molecule has 13 nitrogen and oxygen atoms in total. The smallest absolute Gasteiger partial charge is 0.496 e. The van der Waals surface area contributed by atoms with Gasteiger partial charge < -0.3 is 48.9 Å². The van der Waals surface area contributed by atoms with Gasteiger partial charge in [-0.1, -0.05) is 182 Å². The fourth-order valence-electron chi connectivity index (χ4n) is 10.3. The quantitative estimate of drug-likeness (QED) is 0.0305. The van der Waals surface area contributed by atoms with E-state index in [0.29, 0.717) is 35.7 Å². The highest BCUT2D eigenvalue weighted by atomic mass is 16.7. The number of hydrogen-bond acceptors (Lipinski definition) is 11. The lowest BCUT2D eigenvalue weighted by Crippen LogP contribution is -2.41. The number of amides is 2. The SMILES string of the molecule is COc1cc(/C=C/C=C/C(=O)NCCN2CCC(OC(c3ccccc3)c3ccccc3)CC2)ccc1C(C)OC(=O)OC(C)c1ccc(/C=C/C=C/C(=O)NCCN2CCC(OC(c3ccccc3)c3ccccc3)CC2)cc1OC. The minimum absolute atomic E-state index is 0.102. The Balaban J connectivity index is 0.705. The average Bonchev–Trinajstić information content (AvgIpc) is 3.62. The second-order valence-corrected chi connectivity index (χ2v) is 20.5. The lowest BCUT2D eigenvalue weighted by Gasteiger charge is -2.34. The molecule has 0 saturated carbocycles. The summed E-state index contributed by atoms with van der Waals surface area (Å²) in [5.74, 6) is 0.743. The van der Waals surface area contributed by atoms with Crippen molar-refractivity contribution in [3.63, 3.8) is 0 Å². The normalized spacial score (nSPS) is 15.6. The van der Waals surface area contributed by atoms with E-state index in [2.05, 4.69) is 117 Å². The first-order valence-electron chi connectivity index (χ1n) is 28.6.